The van der Waals surface area contributed by atoms with Crippen molar-refractivity contribution in [2.24, 2.45) is 5.92 Å². The van der Waals surface area contributed by atoms with E-state index in [4.69, 9.17) is 5.11 Å². The van der Waals surface area contributed by atoms with Crippen LogP contribution in [0.25, 0.3) is 0 Å². The second-order valence-electron chi connectivity index (χ2n) is 4.85. The van der Waals surface area contributed by atoms with Gasteiger partial charge in [-0.25, -0.2) is 0 Å². The van der Waals surface area contributed by atoms with Crippen LogP contribution in [0.4, 0.5) is 5.69 Å². The molecule has 0 aliphatic heterocycles. The summed E-state index contributed by atoms with van der Waals surface area (Å²) in [7, 11) is 0. The highest BCUT2D eigenvalue weighted by Gasteiger charge is 2.08. The van der Waals surface area contributed by atoms with Crippen molar-refractivity contribution in [3.63, 3.8) is 0 Å². The normalized spacial score (nSPS) is 11.9. The molecule has 1 amide bonds. The van der Waals surface area contributed by atoms with E-state index in [0.717, 1.165) is 5.56 Å². The molecule has 0 saturated heterocycles. The quantitative estimate of drug-likeness (QED) is 0.559. The molecule has 0 aliphatic carbocycles. The van der Waals surface area contributed by atoms with E-state index in [1.165, 1.54) is 12.1 Å². The van der Waals surface area contributed by atoms with E-state index >= 15 is 0 Å². The first-order chi connectivity index (χ1) is 9.52. The highest BCUT2D eigenvalue weighted by atomic mass is 16.6. The molecule has 1 aromatic carbocycles. The van der Waals surface area contributed by atoms with Crippen LogP contribution in [0.1, 0.15) is 25.3 Å². The van der Waals surface area contributed by atoms with Crippen molar-refractivity contribution in [3.05, 3.63) is 39.9 Å². The summed E-state index contributed by atoms with van der Waals surface area (Å²) in [5.74, 6) is 0.156. The molecule has 0 aromatic heterocycles. The van der Waals surface area contributed by atoms with Crippen LogP contribution in [0.15, 0.2) is 24.3 Å². The Morgan fingerprint density at radius 3 is 2.90 bits per heavy atom. The lowest BCUT2D eigenvalue weighted by Crippen LogP contribution is -2.28. The minimum atomic E-state index is -0.444. The number of hydrogen-bond donors (Lipinski definition) is 2. The Morgan fingerprint density at radius 2 is 2.25 bits per heavy atom. The van der Waals surface area contributed by atoms with E-state index in [0.29, 0.717) is 25.8 Å². The lowest BCUT2D eigenvalue weighted by Gasteiger charge is -2.11. The molecule has 0 bridgehead atoms. The Balaban J connectivity index is 2.37. The standard InChI is InChI=1S/C14H20N2O4/c1-11(7-8-17)10-15-14(18)6-5-12-3-2-4-13(9-12)16(19)20/h2-4,9,11,17H,5-8,10H2,1H3,(H,15,18). The van der Waals surface area contributed by atoms with Gasteiger partial charge >= 0.3 is 0 Å². The van der Waals surface area contributed by atoms with Gasteiger partial charge in [-0.15, -0.1) is 0 Å². The Morgan fingerprint density at radius 1 is 1.50 bits per heavy atom. The summed E-state index contributed by atoms with van der Waals surface area (Å²) < 4.78 is 0. The highest BCUT2D eigenvalue weighted by Crippen LogP contribution is 2.14. The van der Waals surface area contributed by atoms with Crippen LogP contribution in [0, 0.1) is 16.0 Å². The van der Waals surface area contributed by atoms with Gasteiger partial charge in [0.2, 0.25) is 5.91 Å². The number of aryl methyl sites for hydroxylation is 1. The minimum absolute atomic E-state index is 0.0412. The van der Waals surface area contributed by atoms with Gasteiger partial charge in [0.1, 0.15) is 0 Å². The topological polar surface area (TPSA) is 92.5 Å². The Bertz CT molecular complexity index is 462. The monoisotopic (exact) mass is 280 g/mol. The van der Waals surface area contributed by atoms with Gasteiger partial charge in [0.25, 0.3) is 5.69 Å². The number of non-ortho nitro benzene ring substituents is 1. The lowest BCUT2D eigenvalue weighted by molar-refractivity contribution is -0.384. The Labute approximate surface area is 118 Å². The summed E-state index contributed by atoms with van der Waals surface area (Å²) in [6.45, 7) is 2.61. The molecule has 1 aromatic rings. The van der Waals surface area contributed by atoms with E-state index in [-0.39, 0.29) is 24.1 Å². The predicted octanol–water partition coefficient (Wildman–Crippen LogP) is 1.66. The number of aliphatic hydroxyl groups excluding tert-OH is 1. The molecular weight excluding hydrogens is 260 g/mol. The predicted molar refractivity (Wildman–Crippen MR) is 75.3 cm³/mol. The van der Waals surface area contributed by atoms with Crippen LogP contribution >= 0.6 is 0 Å². The molecule has 1 unspecified atom stereocenters. The summed E-state index contributed by atoms with van der Waals surface area (Å²) in [5.41, 5.74) is 0.817. The van der Waals surface area contributed by atoms with Gasteiger partial charge in [-0.1, -0.05) is 19.1 Å². The van der Waals surface area contributed by atoms with Crippen LogP contribution in [0.3, 0.4) is 0 Å². The van der Waals surface area contributed by atoms with E-state index in [9.17, 15) is 14.9 Å². The SMILES string of the molecule is CC(CCO)CNC(=O)CCc1cccc([N+](=O)[O-])c1. The number of nitrogens with zero attached hydrogens (tertiary/aromatic N) is 1. The number of amides is 1. The van der Waals surface area contributed by atoms with Gasteiger partial charge in [0, 0.05) is 31.7 Å². The molecule has 0 radical (unpaired) electrons. The third-order valence-electron chi connectivity index (χ3n) is 3.03. The molecule has 0 aliphatic rings. The molecule has 20 heavy (non-hydrogen) atoms. The highest BCUT2D eigenvalue weighted by molar-refractivity contribution is 5.76. The van der Waals surface area contributed by atoms with Crippen LogP contribution < -0.4 is 5.32 Å². The van der Waals surface area contributed by atoms with Gasteiger partial charge in [0.15, 0.2) is 0 Å². The van der Waals surface area contributed by atoms with Crippen molar-refractivity contribution in [2.45, 2.75) is 26.2 Å². The van der Waals surface area contributed by atoms with E-state index in [1.807, 2.05) is 6.92 Å². The number of rotatable bonds is 8. The molecule has 1 rings (SSSR count). The van der Waals surface area contributed by atoms with Gasteiger partial charge in [-0.2, -0.15) is 0 Å². The second-order valence-corrected chi connectivity index (χ2v) is 4.85. The maximum Gasteiger partial charge on any atom is 0.269 e. The second kappa shape index (κ2) is 8.27. The molecule has 0 fully saturated rings. The number of benzene rings is 1. The summed E-state index contributed by atoms with van der Waals surface area (Å²) in [5, 5.41) is 22.2. The summed E-state index contributed by atoms with van der Waals surface area (Å²) in [6.07, 6.45) is 1.43. The first-order valence-electron chi connectivity index (χ1n) is 6.63. The number of hydrogen-bond acceptors (Lipinski definition) is 4. The number of carbonyl (C=O) groups excluding carboxylic acids is 1. The number of nitrogens with one attached hydrogen (secondary N) is 1. The van der Waals surface area contributed by atoms with Crippen molar-refractivity contribution < 1.29 is 14.8 Å². The van der Waals surface area contributed by atoms with E-state index in [1.54, 1.807) is 12.1 Å². The average Bonchev–Trinajstić information content (AvgIpc) is 2.43. The minimum Gasteiger partial charge on any atom is -0.396 e. The summed E-state index contributed by atoms with van der Waals surface area (Å²) in [6, 6.07) is 6.31. The van der Waals surface area contributed by atoms with Crippen LogP contribution in [-0.4, -0.2) is 29.1 Å². The Kier molecular flexibility index (Phi) is 6.66. The van der Waals surface area contributed by atoms with Crippen molar-refractivity contribution in [2.75, 3.05) is 13.2 Å². The fourth-order valence-corrected chi connectivity index (χ4v) is 1.78. The fraction of sp³-hybridized carbons (Fsp3) is 0.500. The number of aliphatic hydroxyl groups is 1. The average molecular weight is 280 g/mol. The maximum atomic E-state index is 11.6. The van der Waals surface area contributed by atoms with Gasteiger partial charge < -0.3 is 10.4 Å². The van der Waals surface area contributed by atoms with Crippen molar-refractivity contribution in [1.82, 2.24) is 5.32 Å². The van der Waals surface area contributed by atoms with Crippen molar-refractivity contribution in [3.8, 4) is 0 Å². The third kappa shape index (κ3) is 5.79. The number of carbonyl (C=O) groups is 1. The third-order valence-corrected chi connectivity index (χ3v) is 3.03. The van der Waals surface area contributed by atoms with Gasteiger partial charge in [-0.3, -0.25) is 14.9 Å². The maximum absolute atomic E-state index is 11.6. The fourth-order valence-electron chi connectivity index (χ4n) is 1.78. The van der Waals surface area contributed by atoms with Crippen LogP contribution in [0.5, 0.6) is 0 Å². The lowest BCUT2D eigenvalue weighted by atomic mass is 10.1. The zero-order valence-corrected chi connectivity index (χ0v) is 11.5. The van der Waals surface area contributed by atoms with Crippen LogP contribution in [-0.2, 0) is 11.2 Å². The molecule has 1 atom stereocenters. The van der Waals surface area contributed by atoms with Gasteiger partial charge in [-0.05, 0) is 24.3 Å². The van der Waals surface area contributed by atoms with Gasteiger partial charge in [0.05, 0.1) is 4.92 Å². The molecule has 0 saturated carbocycles. The smallest absolute Gasteiger partial charge is 0.269 e. The first-order valence-corrected chi connectivity index (χ1v) is 6.63. The largest absolute Gasteiger partial charge is 0.396 e. The molecule has 0 heterocycles. The molecule has 0 spiro atoms. The molecule has 2 N–H and O–H groups in total. The molecule has 6 nitrogen and oxygen atoms in total. The van der Waals surface area contributed by atoms with Crippen LogP contribution in [0.2, 0.25) is 0 Å². The zero-order valence-electron chi connectivity index (χ0n) is 11.5. The molecular formula is C14H20N2O4. The Hall–Kier alpha value is -1.95. The molecule has 6 heteroatoms. The zero-order chi connectivity index (χ0) is 15.0. The van der Waals surface area contributed by atoms with E-state index in [2.05, 4.69) is 5.32 Å². The summed E-state index contributed by atoms with van der Waals surface area (Å²) >= 11 is 0. The van der Waals surface area contributed by atoms with Crippen molar-refractivity contribution >= 4 is 11.6 Å². The van der Waals surface area contributed by atoms with Crippen molar-refractivity contribution in [1.29, 1.82) is 0 Å². The van der Waals surface area contributed by atoms with E-state index < -0.39 is 4.92 Å². The number of nitro groups is 1. The first kappa shape index (κ1) is 16.1. The summed E-state index contributed by atoms with van der Waals surface area (Å²) in [4.78, 5) is 21.8. The number of nitro benzene ring substituents is 1. The molecule has 110 valence electrons.